The van der Waals surface area contributed by atoms with Crippen LogP contribution in [-0.2, 0) is 0 Å². The van der Waals surface area contributed by atoms with Gasteiger partial charge >= 0.3 is 0 Å². The number of benzene rings is 1. The van der Waals surface area contributed by atoms with Gasteiger partial charge in [0.2, 0.25) is 5.66 Å². The fourth-order valence-corrected chi connectivity index (χ4v) is 2.81. The maximum Gasteiger partial charge on any atom is 0.255 e. The Morgan fingerprint density at radius 1 is 1.15 bits per heavy atom. The van der Waals surface area contributed by atoms with E-state index in [1.165, 1.54) is 10.8 Å². The number of nitrogens with zero attached hydrogens (tertiary/aromatic N) is 6. The van der Waals surface area contributed by atoms with Crippen molar-refractivity contribution in [2.75, 3.05) is 5.32 Å². The molecule has 0 radical (unpaired) electrons. The minimum atomic E-state index is -1.12. The Morgan fingerprint density at radius 3 is 2.42 bits per heavy atom. The maximum absolute atomic E-state index is 14.4. The minimum absolute atomic E-state index is 0.101. The van der Waals surface area contributed by atoms with Crippen molar-refractivity contribution < 1.29 is 13.2 Å². The van der Waals surface area contributed by atoms with Crippen molar-refractivity contribution in [2.45, 2.75) is 25.6 Å². The summed E-state index contributed by atoms with van der Waals surface area (Å²) in [5.74, 6) is -3.00. The molecule has 134 valence electrons. The summed E-state index contributed by atoms with van der Waals surface area (Å²) in [6, 6.07) is 0.791. The third-order valence-electron chi connectivity index (χ3n) is 4.23. The monoisotopic (exact) mass is 381 g/mol. The van der Waals surface area contributed by atoms with Crippen molar-refractivity contribution in [1.82, 2.24) is 19.6 Å². The molecule has 1 N–H and O–H groups in total. The van der Waals surface area contributed by atoms with Crippen LogP contribution in [0.4, 0.5) is 19.0 Å². The largest absolute Gasteiger partial charge is 0.362 e. The summed E-state index contributed by atoms with van der Waals surface area (Å²) < 4.78 is 43.3. The van der Waals surface area contributed by atoms with E-state index in [9.17, 15) is 13.2 Å². The van der Waals surface area contributed by atoms with Gasteiger partial charge < -0.3 is 5.32 Å². The summed E-state index contributed by atoms with van der Waals surface area (Å²) >= 11 is 6.19. The van der Waals surface area contributed by atoms with Gasteiger partial charge in [0.15, 0.2) is 0 Å². The first-order chi connectivity index (χ1) is 12.3. The summed E-state index contributed by atoms with van der Waals surface area (Å²) in [5, 5.41) is 14.8. The van der Waals surface area contributed by atoms with Crippen LogP contribution in [0.15, 0.2) is 28.7 Å². The molecule has 11 heteroatoms. The Morgan fingerprint density at radius 2 is 1.81 bits per heavy atom. The molecule has 3 aromatic rings. The SMILES string of the molecule is C[C@H](Nc1c(-c2c(F)cc(F)cc2F)c(Cl)nc2ncnn12)C1(C)N=N1. The molecule has 3 heterocycles. The van der Waals surface area contributed by atoms with Crippen LogP contribution in [0, 0.1) is 17.5 Å². The highest BCUT2D eigenvalue weighted by Crippen LogP contribution is 2.40. The third-order valence-corrected chi connectivity index (χ3v) is 4.50. The van der Waals surface area contributed by atoms with Crippen molar-refractivity contribution in [3.63, 3.8) is 0 Å². The molecule has 1 aromatic carbocycles. The van der Waals surface area contributed by atoms with Crippen LogP contribution < -0.4 is 5.32 Å². The smallest absolute Gasteiger partial charge is 0.255 e. The molecule has 1 aliphatic heterocycles. The molecule has 1 aliphatic rings. The van der Waals surface area contributed by atoms with Crippen LogP contribution in [0.1, 0.15) is 13.8 Å². The summed E-state index contributed by atoms with van der Waals surface area (Å²) in [6.45, 7) is 3.57. The van der Waals surface area contributed by atoms with Gasteiger partial charge in [-0.15, -0.1) is 0 Å². The summed E-state index contributed by atoms with van der Waals surface area (Å²) in [7, 11) is 0. The highest BCUT2D eigenvalue weighted by molar-refractivity contribution is 6.33. The molecule has 0 aliphatic carbocycles. The highest BCUT2D eigenvalue weighted by atomic mass is 35.5. The Labute approximate surface area is 149 Å². The molecular weight excluding hydrogens is 371 g/mol. The highest BCUT2D eigenvalue weighted by Gasteiger charge is 2.41. The summed E-state index contributed by atoms with van der Waals surface area (Å²) in [6.07, 6.45) is 1.23. The Hall–Kier alpha value is -2.75. The zero-order chi connectivity index (χ0) is 18.6. The van der Waals surface area contributed by atoms with E-state index in [4.69, 9.17) is 11.6 Å². The number of anilines is 1. The number of fused-ring (bicyclic) bond motifs is 1. The quantitative estimate of drug-likeness (QED) is 0.696. The average molecular weight is 382 g/mol. The van der Waals surface area contributed by atoms with E-state index in [-0.39, 0.29) is 28.4 Å². The lowest BCUT2D eigenvalue weighted by atomic mass is 10.0. The van der Waals surface area contributed by atoms with Gasteiger partial charge in [0, 0.05) is 12.1 Å². The first kappa shape index (κ1) is 16.7. The minimum Gasteiger partial charge on any atom is -0.362 e. The van der Waals surface area contributed by atoms with Crippen LogP contribution in [0.5, 0.6) is 0 Å². The Bertz CT molecular complexity index is 1040. The average Bonchev–Trinajstić information content (AvgIpc) is 3.14. The summed E-state index contributed by atoms with van der Waals surface area (Å²) in [4.78, 5) is 7.94. The molecular formula is C15H11ClF3N7. The van der Waals surface area contributed by atoms with Gasteiger partial charge in [0.25, 0.3) is 5.78 Å². The van der Waals surface area contributed by atoms with Gasteiger partial charge in [0.05, 0.1) is 17.2 Å². The molecule has 26 heavy (non-hydrogen) atoms. The normalized spacial score (nSPS) is 16.1. The van der Waals surface area contributed by atoms with E-state index in [1.54, 1.807) is 13.8 Å². The first-order valence-electron chi connectivity index (χ1n) is 7.55. The van der Waals surface area contributed by atoms with Crippen molar-refractivity contribution in [3.8, 4) is 11.1 Å². The lowest BCUT2D eigenvalue weighted by Crippen LogP contribution is -2.32. The Kier molecular flexibility index (Phi) is 3.62. The van der Waals surface area contributed by atoms with Crippen molar-refractivity contribution in [2.24, 2.45) is 10.2 Å². The predicted octanol–water partition coefficient (Wildman–Crippen LogP) is 3.84. The van der Waals surface area contributed by atoms with E-state index >= 15 is 0 Å². The molecule has 0 saturated carbocycles. The van der Waals surface area contributed by atoms with Crippen LogP contribution in [0.3, 0.4) is 0 Å². The van der Waals surface area contributed by atoms with Gasteiger partial charge in [-0.3, -0.25) is 0 Å². The second-order valence-electron chi connectivity index (χ2n) is 6.00. The van der Waals surface area contributed by atoms with E-state index in [1.807, 2.05) is 0 Å². The van der Waals surface area contributed by atoms with Crippen molar-refractivity contribution >= 4 is 23.2 Å². The number of halogens is 4. The zero-order valence-electron chi connectivity index (χ0n) is 13.5. The van der Waals surface area contributed by atoms with Crippen molar-refractivity contribution in [3.05, 3.63) is 41.1 Å². The molecule has 0 fully saturated rings. The predicted molar refractivity (Wildman–Crippen MR) is 87.4 cm³/mol. The van der Waals surface area contributed by atoms with Gasteiger partial charge in [-0.2, -0.15) is 29.8 Å². The van der Waals surface area contributed by atoms with Crippen LogP contribution in [-0.4, -0.2) is 31.3 Å². The molecule has 7 nitrogen and oxygen atoms in total. The number of nitrogens with one attached hydrogen (secondary N) is 1. The second-order valence-corrected chi connectivity index (χ2v) is 6.36. The van der Waals surface area contributed by atoms with Crippen LogP contribution in [0.2, 0.25) is 5.15 Å². The number of rotatable bonds is 4. The fraction of sp³-hybridized carbons (Fsp3) is 0.267. The van der Waals surface area contributed by atoms with Gasteiger partial charge in [-0.05, 0) is 13.8 Å². The second kappa shape index (κ2) is 5.63. The molecule has 0 bridgehead atoms. The molecule has 0 amide bonds. The maximum atomic E-state index is 14.4. The lowest BCUT2D eigenvalue weighted by molar-refractivity contribution is 0.547. The third kappa shape index (κ3) is 2.57. The Balaban J connectivity index is 1.97. The van der Waals surface area contributed by atoms with E-state index in [0.29, 0.717) is 12.1 Å². The van der Waals surface area contributed by atoms with E-state index < -0.39 is 28.7 Å². The molecule has 4 rings (SSSR count). The van der Waals surface area contributed by atoms with Gasteiger partial charge in [-0.1, -0.05) is 11.6 Å². The van der Waals surface area contributed by atoms with E-state index in [0.717, 1.165) is 0 Å². The zero-order valence-corrected chi connectivity index (χ0v) is 14.3. The summed E-state index contributed by atoms with van der Waals surface area (Å²) in [5.41, 5.74) is -1.30. The van der Waals surface area contributed by atoms with Gasteiger partial charge in [-0.25, -0.2) is 13.2 Å². The van der Waals surface area contributed by atoms with Crippen LogP contribution in [0.25, 0.3) is 16.9 Å². The van der Waals surface area contributed by atoms with Crippen LogP contribution >= 0.6 is 11.6 Å². The lowest BCUT2D eigenvalue weighted by Gasteiger charge is -2.21. The molecule has 0 spiro atoms. The molecule has 0 unspecified atom stereocenters. The topological polar surface area (TPSA) is 79.8 Å². The standard InChI is InChI=1S/C15H11ClF3N7/c1-6(15(2)24-25-15)22-13-11(10-8(18)3-7(17)4-9(10)19)12(16)23-14-20-5-21-26(13)14/h3-6,22H,1-2H3/t6-/m0/s1. The molecule has 0 saturated heterocycles. The fourth-order valence-electron chi connectivity index (χ4n) is 2.55. The first-order valence-corrected chi connectivity index (χ1v) is 7.92. The molecule has 1 atom stereocenters. The number of hydrogen-bond acceptors (Lipinski definition) is 6. The number of aromatic nitrogens is 4. The molecule has 2 aromatic heterocycles. The van der Waals surface area contributed by atoms with Gasteiger partial charge in [0.1, 0.15) is 34.7 Å². The van der Waals surface area contributed by atoms with E-state index in [2.05, 4.69) is 30.6 Å². The number of hydrogen-bond donors (Lipinski definition) is 1. The van der Waals surface area contributed by atoms with Crippen molar-refractivity contribution in [1.29, 1.82) is 0 Å².